The zero-order valence-corrected chi connectivity index (χ0v) is 86.3. The summed E-state index contributed by atoms with van der Waals surface area (Å²) in [6, 6.07) is 118. The summed E-state index contributed by atoms with van der Waals surface area (Å²) in [7, 11) is 19.7. The fourth-order valence-corrected chi connectivity index (χ4v) is 20.9. The van der Waals surface area contributed by atoms with E-state index in [9.17, 15) is 20.4 Å². The zero-order chi connectivity index (χ0) is 94.9. The summed E-state index contributed by atoms with van der Waals surface area (Å²) in [6.07, 6.45) is 3.29. The van der Waals surface area contributed by atoms with E-state index in [-0.39, 0.29) is 23.0 Å². The van der Waals surface area contributed by atoms with Crippen LogP contribution in [-0.4, -0.2) is 87.8 Å². The van der Waals surface area contributed by atoms with E-state index in [0.29, 0.717) is 26.4 Å². The summed E-state index contributed by atoms with van der Waals surface area (Å²) >= 11 is 4.46. The topological polar surface area (TPSA) is 154 Å². The minimum absolute atomic E-state index is 0.239. The fourth-order valence-electron chi connectivity index (χ4n) is 17.0. The Balaban J connectivity index is 0.000000159. The molecule has 0 aliphatic heterocycles. The molecule has 0 bridgehead atoms. The SMILES string of the molecule is CCOCC.Oc1c(-n2c3ccccc3c3ccccc32)csc1-c1ccccc1OCCCCOc1ccccc1-c1scc(-n2c3ccccc3c3ccccc32)c1O.Oc1c(-n2c3ccccc3c3ccccc32)csc1-c1ccccc1[OH+]CCCC[OH+]c1ccccc1-c1scc(-n2c3ccccc3c3ccccc32)c1O.[CH2-]c1ccccc1.[CH2-]c1ccccc1.[Cl][Zr+2][Cl].[Cl][Zr][Cl]. The molecule has 23 heteroatoms. The normalized spacial score (nSPS) is 10.9. The number of nitrogens with zero attached hydrogens (tertiary/aromatic N) is 4. The van der Waals surface area contributed by atoms with Crippen molar-refractivity contribution in [3.05, 3.63) is 398 Å². The quantitative estimate of drug-likeness (QED) is 0.0267. The average molecular weight is 2120 g/mol. The van der Waals surface area contributed by atoms with Gasteiger partial charge in [-0.1, -0.05) is 206 Å². The van der Waals surface area contributed by atoms with Crippen LogP contribution in [0.1, 0.15) is 50.7 Å². The van der Waals surface area contributed by atoms with Crippen molar-refractivity contribution < 1.29 is 85.8 Å². The minimum atomic E-state index is -0.826. The maximum atomic E-state index is 11.7. The molecule has 0 unspecified atom stereocenters. The van der Waals surface area contributed by atoms with E-state index in [1.807, 2.05) is 242 Å². The number of aliphatic hydroxyl groups is 2. The molecule has 0 spiro atoms. The van der Waals surface area contributed by atoms with Crippen LogP contribution in [0.4, 0.5) is 0 Å². The standard InChI is InChI=1S/2C48H36N2O4S2.2C7H7.C4H10O.4ClH.2Zr/c2*51-45-41(49-37-21-7-1-15-31(37)32-16-2-8-22-38(32)49)29-55-47(45)35-19-5-11-25-43(35)53-27-13-14-28-54-44-26-12-6-20-36(44)48-46(52)42(30-56-48)50-39-23-9-3-17-33(39)34-18-4-10-24-40(34)50;2*1-7-5-3-2-4-6-7;1-3-5-4-2;;;;;;/h2*1-12,15-26,29-30,51-52H,13-14,27-28H2;2*2-6H,1H2;3-4H2,1-2H3;4*1H;;/q;;2*-1;;;;;;+2;+4/p-2. The predicted octanol–water partition coefficient (Wildman–Crippen LogP) is 33.2. The van der Waals surface area contributed by atoms with Gasteiger partial charge in [-0.05, 0) is 112 Å². The summed E-state index contributed by atoms with van der Waals surface area (Å²) < 4.78 is 36.1. The third kappa shape index (κ3) is 22.3. The molecule has 0 aliphatic carbocycles. The van der Waals surface area contributed by atoms with Gasteiger partial charge in [0.15, 0.2) is 36.2 Å². The second-order valence-electron chi connectivity index (χ2n) is 31.5. The maximum absolute atomic E-state index is 11.7. The molecule has 137 heavy (non-hydrogen) atoms. The molecule has 0 radical (unpaired) electrons. The Kier molecular flexibility index (Phi) is 34.7. The van der Waals surface area contributed by atoms with Crippen LogP contribution in [0.15, 0.2) is 373 Å². The van der Waals surface area contributed by atoms with Gasteiger partial charge >= 0.3 is 75.7 Å². The first-order valence-corrected chi connectivity index (χ1v) is 60.9. The van der Waals surface area contributed by atoms with Crippen LogP contribution in [0, 0.1) is 13.8 Å². The number of rotatable bonds is 24. The average Bonchev–Trinajstić information content (AvgIpc) is 1.60. The number of hydrogen-bond acceptors (Lipinski definition) is 11. The van der Waals surface area contributed by atoms with Gasteiger partial charge < -0.3 is 62.4 Å². The van der Waals surface area contributed by atoms with Gasteiger partial charge in [-0.25, -0.2) is 0 Å². The molecule has 13 nitrogen and oxygen atoms in total. The molecule has 0 saturated heterocycles. The summed E-state index contributed by atoms with van der Waals surface area (Å²) in [5.41, 5.74) is 17.3. The first kappa shape index (κ1) is 98.2. The molecule has 6 N–H and O–H groups in total. The number of aromatic hydroxyl groups is 6. The number of ether oxygens (including phenoxy) is 5. The summed E-state index contributed by atoms with van der Waals surface area (Å²) in [5.74, 6) is 4.21. The van der Waals surface area contributed by atoms with Crippen molar-refractivity contribution in [2.24, 2.45) is 0 Å². The molecule has 0 amide bonds. The van der Waals surface area contributed by atoms with E-state index in [2.05, 4.69) is 178 Å². The van der Waals surface area contributed by atoms with Crippen molar-refractivity contribution in [3.8, 4) is 111 Å². The van der Waals surface area contributed by atoms with E-state index in [1.165, 1.54) is 22.7 Å². The Hall–Kier alpha value is -11.9. The van der Waals surface area contributed by atoms with Crippen molar-refractivity contribution in [3.63, 3.8) is 0 Å². The van der Waals surface area contributed by atoms with Crippen LogP contribution in [0.3, 0.4) is 0 Å². The van der Waals surface area contributed by atoms with E-state index in [0.717, 1.165) is 225 Å². The molecule has 686 valence electrons. The summed E-state index contributed by atoms with van der Waals surface area (Å²) in [4.78, 5) is 3.17. The molecule has 8 aromatic heterocycles. The molecule has 0 fully saturated rings. The molecular formula is C114H98Cl4N4O9S4Zr2+2. The van der Waals surface area contributed by atoms with E-state index in [1.54, 1.807) is 22.7 Å². The first-order valence-electron chi connectivity index (χ1n) is 44.8. The molecule has 22 rings (SSSR count). The zero-order valence-electron chi connectivity index (χ0n) is 75.1. The van der Waals surface area contributed by atoms with E-state index < -0.39 is 41.7 Å². The van der Waals surface area contributed by atoms with Crippen LogP contribution in [0.2, 0.25) is 0 Å². The van der Waals surface area contributed by atoms with Crippen LogP contribution >= 0.6 is 79.4 Å². The van der Waals surface area contributed by atoms with E-state index >= 15 is 0 Å². The molecule has 0 saturated carbocycles. The summed E-state index contributed by atoms with van der Waals surface area (Å²) in [6.45, 7) is 15.4. The van der Waals surface area contributed by atoms with E-state index in [4.69, 9.17) is 57.7 Å². The molecule has 8 heterocycles. The molecule has 0 aliphatic rings. The Morgan fingerprint density at radius 2 is 0.511 bits per heavy atom. The van der Waals surface area contributed by atoms with Crippen LogP contribution in [0.5, 0.6) is 46.0 Å². The van der Waals surface area contributed by atoms with Gasteiger partial charge in [0.25, 0.3) is 11.5 Å². The van der Waals surface area contributed by atoms with Gasteiger partial charge in [-0.3, -0.25) is 0 Å². The number of aromatic nitrogens is 4. The van der Waals surface area contributed by atoms with Crippen molar-refractivity contribution in [1.29, 1.82) is 0 Å². The van der Waals surface area contributed by atoms with Gasteiger partial charge in [0.2, 0.25) is 0 Å². The van der Waals surface area contributed by atoms with Crippen molar-refractivity contribution in [2.45, 2.75) is 39.5 Å². The van der Waals surface area contributed by atoms with Crippen LogP contribution in [-0.2, 0) is 46.4 Å². The fraction of sp³-hybridized carbons (Fsp3) is 0.105. The number of unbranched alkanes of at least 4 members (excludes halogenated alkanes) is 2. The monoisotopic (exact) mass is 2110 g/mol. The number of hydrogen-bond donors (Lipinski definition) is 4. The number of benzene rings is 14. The van der Waals surface area contributed by atoms with Gasteiger partial charge in [0.1, 0.15) is 11.5 Å². The third-order valence-corrected chi connectivity index (χ3v) is 27.1. The third-order valence-electron chi connectivity index (χ3n) is 23.1. The number of para-hydroxylation sites is 12. The first-order chi connectivity index (χ1) is 67.4. The number of fused-ring (bicyclic) bond motifs is 12. The van der Waals surface area contributed by atoms with Crippen molar-refractivity contribution >= 4 is 167 Å². The number of thiophene rings is 4. The van der Waals surface area contributed by atoms with Gasteiger partial charge in [0, 0.05) is 114 Å². The Labute approximate surface area is 850 Å². The molecular weight excluding hydrogens is 2020 g/mol. The van der Waals surface area contributed by atoms with Gasteiger partial charge in [-0.15, -0.1) is 69.6 Å². The second kappa shape index (κ2) is 48.4. The Morgan fingerprint density at radius 3 is 0.745 bits per heavy atom. The van der Waals surface area contributed by atoms with Crippen molar-refractivity contribution in [2.75, 3.05) is 39.6 Å². The second-order valence-corrected chi connectivity index (χ2v) is 42.5. The van der Waals surface area contributed by atoms with Gasteiger partial charge in [0.05, 0.1) is 111 Å². The Morgan fingerprint density at radius 1 is 0.299 bits per heavy atom. The van der Waals surface area contributed by atoms with Crippen molar-refractivity contribution in [1.82, 2.24) is 18.3 Å². The Bertz CT molecular complexity index is 6690. The van der Waals surface area contributed by atoms with Gasteiger partial charge in [-0.2, -0.15) is 49.2 Å². The van der Waals surface area contributed by atoms with Crippen LogP contribution in [0.25, 0.3) is 152 Å². The summed E-state index contributed by atoms with van der Waals surface area (Å²) in [5, 5.41) is 64.2. The van der Waals surface area contributed by atoms with Crippen LogP contribution < -0.4 is 9.47 Å². The molecule has 14 aromatic carbocycles. The molecule has 0 atom stereocenters. The predicted molar refractivity (Wildman–Crippen MR) is 573 cm³/mol. The number of halogens is 4. The molecule has 22 aromatic rings.